The van der Waals surface area contributed by atoms with Crippen LogP contribution in [-0.2, 0) is 27.9 Å². The Morgan fingerprint density at radius 1 is 1.25 bits per heavy atom. The average molecular weight is 488 g/mol. The second kappa shape index (κ2) is 8.35. The van der Waals surface area contributed by atoms with Crippen molar-refractivity contribution in [2.75, 3.05) is 17.7 Å². The molecule has 3 aromatic heterocycles. The number of fused-ring (bicyclic) bond motifs is 1. The normalized spacial score (nSPS) is 13.4. The van der Waals surface area contributed by atoms with E-state index in [1.807, 2.05) is 0 Å². The number of thiol groups is 1. The SMILES string of the molecule is CCS(=O)(=O)c1cc(N(C)C(=O)C(C)S)cnc1-c1nc2cc(C(F)(F)F)ncc2n1C. The molecule has 3 heterocycles. The molecule has 0 saturated heterocycles. The van der Waals surface area contributed by atoms with Crippen LogP contribution in [-0.4, -0.2) is 51.9 Å². The fourth-order valence-corrected chi connectivity index (χ4v) is 4.26. The Kier molecular flexibility index (Phi) is 6.26. The van der Waals surface area contributed by atoms with Crippen LogP contribution >= 0.6 is 12.6 Å². The molecule has 172 valence electrons. The molecule has 0 fully saturated rings. The maximum absolute atomic E-state index is 13.0. The van der Waals surface area contributed by atoms with E-state index >= 15 is 0 Å². The molecule has 8 nitrogen and oxygen atoms in total. The van der Waals surface area contributed by atoms with E-state index < -0.39 is 27.0 Å². The average Bonchev–Trinajstić information content (AvgIpc) is 3.07. The molecule has 0 spiro atoms. The highest BCUT2D eigenvalue weighted by Crippen LogP contribution is 2.33. The molecule has 0 N–H and O–H groups in total. The number of pyridine rings is 2. The number of rotatable bonds is 5. The summed E-state index contributed by atoms with van der Waals surface area (Å²) in [7, 11) is -0.844. The number of carbonyl (C=O) groups excluding carboxylic acids is 1. The number of halogens is 3. The highest BCUT2D eigenvalue weighted by atomic mass is 32.2. The van der Waals surface area contributed by atoms with E-state index in [4.69, 9.17) is 0 Å². The summed E-state index contributed by atoms with van der Waals surface area (Å²) in [6.45, 7) is 3.03. The number of aryl methyl sites for hydroxylation is 1. The van der Waals surface area contributed by atoms with Crippen LogP contribution in [0.25, 0.3) is 22.6 Å². The molecule has 32 heavy (non-hydrogen) atoms. The predicted octanol–water partition coefficient (Wildman–Crippen LogP) is 3.12. The van der Waals surface area contributed by atoms with E-state index in [9.17, 15) is 26.4 Å². The van der Waals surface area contributed by atoms with Gasteiger partial charge in [-0.05, 0) is 19.1 Å². The van der Waals surface area contributed by atoms with Crippen LogP contribution in [0.2, 0.25) is 0 Å². The molecule has 13 heteroatoms. The van der Waals surface area contributed by atoms with Gasteiger partial charge in [0, 0.05) is 14.1 Å². The van der Waals surface area contributed by atoms with Crippen molar-refractivity contribution in [1.82, 2.24) is 19.5 Å². The number of imidazole rings is 1. The maximum atomic E-state index is 13.0. The van der Waals surface area contributed by atoms with Crippen LogP contribution in [0.15, 0.2) is 29.4 Å². The highest BCUT2D eigenvalue weighted by molar-refractivity contribution is 7.91. The van der Waals surface area contributed by atoms with E-state index in [1.165, 1.54) is 42.7 Å². The summed E-state index contributed by atoms with van der Waals surface area (Å²) < 4.78 is 66.2. The second-order valence-corrected chi connectivity index (χ2v) is 10.1. The first-order valence-corrected chi connectivity index (χ1v) is 11.5. The molecule has 0 aliphatic heterocycles. The number of aromatic nitrogens is 4. The molecule has 1 amide bonds. The third-order valence-corrected chi connectivity index (χ3v) is 6.86. The summed E-state index contributed by atoms with van der Waals surface area (Å²) in [6.07, 6.45) is -2.32. The zero-order valence-electron chi connectivity index (χ0n) is 17.5. The lowest BCUT2D eigenvalue weighted by molar-refractivity contribution is -0.141. The minimum atomic E-state index is -4.65. The molecule has 3 rings (SSSR count). The Labute approximate surface area is 187 Å². The molecule has 0 aromatic carbocycles. The molecular weight excluding hydrogens is 467 g/mol. The molecule has 3 aromatic rings. The summed E-state index contributed by atoms with van der Waals surface area (Å²) in [5.74, 6) is -0.567. The van der Waals surface area contributed by atoms with Gasteiger partial charge in [0.25, 0.3) is 0 Å². The van der Waals surface area contributed by atoms with Gasteiger partial charge in [0.1, 0.15) is 11.4 Å². The van der Waals surface area contributed by atoms with Crippen molar-refractivity contribution in [2.45, 2.75) is 30.2 Å². The van der Waals surface area contributed by atoms with Crippen LogP contribution in [0.1, 0.15) is 19.5 Å². The highest BCUT2D eigenvalue weighted by Gasteiger charge is 2.33. The molecular formula is C19H20F3N5O3S2. The van der Waals surface area contributed by atoms with Gasteiger partial charge in [0.2, 0.25) is 5.91 Å². The van der Waals surface area contributed by atoms with Gasteiger partial charge in [-0.3, -0.25) is 4.79 Å². The molecule has 0 aliphatic carbocycles. The fourth-order valence-electron chi connectivity index (χ4n) is 3.04. The Bertz CT molecular complexity index is 1300. The molecule has 0 radical (unpaired) electrons. The minimum absolute atomic E-state index is 0.00765. The first-order chi connectivity index (χ1) is 14.8. The molecule has 1 unspecified atom stereocenters. The number of alkyl halides is 3. The predicted molar refractivity (Wildman–Crippen MR) is 116 cm³/mol. The summed E-state index contributed by atoms with van der Waals surface area (Å²) in [5, 5.41) is -0.624. The number of hydrogen-bond donors (Lipinski definition) is 1. The van der Waals surface area contributed by atoms with Crippen LogP contribution in [0.4, 0.5) is 18.9 Å². The Morgan fingerprint density at radius 2 is 1.91 bits per heavy atom. The summed E-state index contributed by atoms with van der Waals surface area (Å²) >= 11 is 4.10. The number of sulfone groups is 1. The summed E-state index contributed by atoms with van der Waals surface area (Å²) in [6, 6.07) is 2.09. The number of amides is 1. The number of nitrogens with zero attached hydrogens (tertiary/aromatic N) is 5. The second-order valence-electron chi connectivity index (χ2n) is 7.07. The molecule has 1 atom stereocenters. The Hall–Kier alpha value is -2.67. The third kappa shape index (κ3) is 4.31. The van der Waals surface area contributed by atoms with E-state index in [2.05, 4.69) is 27.6 Å². The topological polar surface area (TPSA) is 98.1 Å². The van der Waals surface area contributed by atoms with E-state index in [0.29, 0.717) is 0 Å². The van der Waals surface area contributed by atoms with Gasteiger partial charge in [0.05, 0.1) is 45.0 Å². The number of hydrogen-bond acceptors (Lipinski definition) is 7. The lowest BCUT2D eigenvalue weighted by atomic mass is 10.3. The lowest BCUT2D eigenvalue weighted by Crippen LogP contribution is -2.32. The number of anilines is 1. The quantitative estimate of drug-likeness (QED) is 0.556. The molecule has 0 bridgehead atoms. The minimum Gasteiger partial charge on any atom is -0.324 e. The first-order valence-electron chi connectivity index (χ1n) is 9.36. The van der Waals surface area contributed by atoms with Gasteiger partial charge in [-0.2, -0.15) is 25.8 Å². The van der Waals surface area contributed by atoms with E-state index in [-0.39, 0.29) is 44.8 Å². The van der Waals surface area contributed by atoms with Gasteiger partial charge >= 0.3 is 6.18 Å². The summed E-state index contributed by atoms with van der Waals surface area (Å²) in [5.41, 5.74) is -0.656. The molecule has 0 aliphatic rings. The molecule has 0 saturated carbocycles. The van der Waals surface area contributed by atoms with Crippen molar-refractivity contribution in [3.63, 3.8) is 0 Å². The van der Waals surface area contributed by atoms with E-state index in [0.717, 1.165) is 12.3 Å². The van der Waals surface area contributed by atoms with Gasteiger partial charge in [0.15, 0.2) is 15.7 Å². The largest absolute Gasteiger partial charge is 0.433 e. The van der Waals surface area contributed by atoms with Crippen molar-refractivity contribution in [2.24, 2.45) is 7.05 Å². The van der Waals surface area contributed by atoms with Crippen molar-refractivity contribution in [3.8, 4) is 11.5 Å². The standard InChI is InChI=1S/C19H20F3N5O3S2/c1-5-32(29,30)14-6-11(26(3)18(28)10(2)31)8-24-16(14)17-25-12-7-15(19(20,21)22)23-9-13(12)27(17)4/h6-10,31H,5H2,1-4H3. The zero-order valence-corrected chi connectivity index (χ0v) is 19.3. The van der Waals surface area contributed by atoms with Gasteiger partial charge in [-0.1, -0.05) is 6.92 Å². The fraction of sp³-hybridized carbons (Fsp3) is 0.368. The van der Waals surface area contributed by atoms with Gasteiger partial charge in [-0.15, -0.1) is 0 Å². The van der Waals surface area contributed by atoms with Crippen molar-refractivity contribution in [1.29, 1.82) is 0 Å². The van der Waals surface area contributed by atoms with Crippen LogP contribution in [0.3, 0.4) is 0 Å². The van der Waals surface area contributed by atoms with E-state index in [1.54, 1.807) is 6.92 Å². The van der Waals surface area contributed by atoms with Crippen molar-refractivity contribution >= 4 is 45.1 Å². The van der Waals surface area contributed by atoms with Gasteiger partial charge in [-0.25, -0.2) is 23.4 Å². The van der Waals surface area contributed by atoms with Crippen LogP contribution in [0.5, 0.6) is 0 Å². The Balaban J connectivity index is 2.24. The first kappa shape index (κ1) is 24.0. The number of carbonyl (C=O) groups is 1. The van der Waals surface area contributed by atoms with Crippen LogP contribution < -0.4 is 4.90 Å². The maximum Gasteiger partial charge on any atom is 0.433 e. The smallest absolute Gasteiger partial charge is 0.324 e. The van der Waals surface area contributed by atoms with Crippen LogP contribution in [0, 0.1) is 0 Å². The zero-order chi connectivity index (χ0) is 24.0. The van der Waals surface area contributed by atoms with Crippen molar-refractivity contribution < 1.29 is 26.4 Å². The lowest BCUT2D eigenvalue weighted by Gasteiger charge is -2.20. The van der Waals surface area contributed by atoms with Crippen molar-refractivity contribution in [3.05, 3.63) is 30.2 Å². The third-order valence-electron chi connectivity index (χ3n) is 4.90. The van der Waals surface area contributed by atoms with Gasteiger partial charge < -0.3 is 9.47 Å². The Morgan fingerprint density at radius 3 is 2.47 bits per heavy atom. The summed E-state index contributed by atoms with van der Waals surface area (Å²) in [4.78, 5) is 25.2. The monoisotopic (exact) mass is 487 g/mol.